The second-order valence-electron chi connectivity index (χ2n) is 5.63. The molecule has 0 amide bonds. The minimum Gasteiger partial charge on any atom is -0.357 e. The van der Waals surface area contributed by atoms with Crippen molar-refractivity contribution >= 4 is 16.5 Å². The molecule has 0 aromatic carbocycles. The van der Waals surface area contributed by atoms with Crippen LogP contribution in [-0.4, -0.2) is 40.3 Å². The molecule has 2 aliphatic rings. The summed E-state index contributed by atoms with van der Waals surface area (Å²) >= 11 is 0.590. The molecule has 1 N–H and O–H groups in total. The number of aromatic nitrogens is 2. The average molecular weight is 306 g/mol. The van der Waals surface area contributed by atoms with E-state index < -0.39 is 11.2 Å². The maximum Gasteiger partial charge on any atom is 0.445 e. The Kier molecular flexibility index (Phi) is 3.62. The summed E-state index contributed by atoms with van der Waals surface area (Å²) in [7, 11) is 2.15. The first kappa shape index (κ1) is 14.1. The van der Waals surface area contributed by atoms with Crippen LogP contribution in [0.1, 0.15) is 37.1 Å². The van der Waals surface area contributed by atoms with E-state index in [2.05, 4.69) is 27.5 Å². The normalized spacial score (nSPS) is 31.3. The third-order valence-electron chi connectivity index (χ3n) is 4.33. The van der Waals surface area contributed by atoms with Gasteiger partial charge in [-0.05, 0) is 32.7 Å². The summed E-state index contributed by atoms with van der Waals surface area (Å²) in [6.45, 7) is 0. The molecule has 2 atom stereocenters. The lowest BCUT2D eigenvalue weighted by molar-refractivity contribution is -0.138. The summed E-state index contributed by atoms with van der Waals surface area (Å²) < 4.78 is 37.5. The standard InChI is InChI=1S/C12H17F3N4S/c1-19-8-3-2-4-9(19)6-7(5-8)16-11-18-17-10(20-11)12(13,14)15/h7-9H,2-6H2,1H3,(H,16,18). The second-order valence-corrected chi connectivity index (χ2v) is 6.60. The molecule has 1 aromatic rings. The van der Waals surface area contributed by atoms with E-state index in [1.54, 1.807) is 0 Å². The van der Waals surface area contributed by atoms with Crippen LogP contribution in [0.25, 0.3) is 0 Å². The van der Waals surface area contributed by atoms with E-state index in [9.17, 15) is 13.2 Å². The SMILES string of the molecule is CN1C2CCCC1CC(Nc1nnc(C(F)(F)F)s1)C2. The van der Waals surface area contributed by atoms with Gasteiger partial charge < -0.3 is 10.2 Å². The fourth-order valence-electron chi connectivity index (χ4n) is 3.30. The highest BCUT2D eigenvalue weighted by Crippen LogP contribution is 2.36. The predicted molar refractivity (Wildman–Crippen MR) is 70.7 cm³/mol. The third-order valence-corrected chi connectivity index (χ3v) is 5.23. The molecule has 3 rings (SSSR count). The molecule has 2 saturated heterocycles. The lowest BCUT2D eigenvalue weighted by Gasteiger charge is -2.47. The van der Waals surface area contributed by atoms with Gasteiger partial charge in [-0.15, -0.1) is 10.2 Å². The molecule has 0 saturated carbocycles. The van der Waals surface area contributed by atoms with Crippen LogP contribution >= 0.6 is 11.3 Å². The number of alkyl halides is 3. The van der Waals surface area contributed by atoms with Crippen molar-refractivity contribution < 1.29 is 13.2 Å². The van der Waals surface area contributed by atoms with Gasteiger partial charge in [0.2, 0.25) is 10.1 Å². The molecule has 2 bridgehead atoms. The maximum absolute atomic E-state index is 12.5. The summed E-state index contributed by atoms with van der Waals surface area (Å²) in [5, 5.41) is 9.37. The van der Waals surface area contributed by atoms with Crippen LogP contribution in [0.4, 0.5) is 18.3 Å². The molecule has 2 fully saturated rings. The molecule has 2 aliphatic heterocycles. The van der Waals surface area contributed by atoms with E-state index >= 15 is 0 Å². The van der Waals surface area contributed by atoms with Gasteiger partial charge in [-0.2, -0.15) is 13.2 Å². The highest BCUT2D eigenvalue weighted by Gasteiger charge is 2.38. The van der Waals surface area contributed by atoms with Crippen molar-refractivity contribution in [1.82, 2.24) is 15.1 Å². The Balaban J connectivity index is 1.65. The van der Waals surface area contributed by atoms with E-state index in [1.165, 1.54) is 19.3 Å². The van der Waals surface area contributed by atoms with E-state index in [4.69, 9.17) is 0 Å². The molecule has 8 heteroatoms. The van der Waals surface area contributed by atoms with Gasteiger partial charge in [-0.25, -0.2) is 0 Å². The molecule has 112 valence electrons. The van der Waals surface area contributed by atoms with E-state index in [1.807, 2.05) is 0 Å². The molecule has 1 aromatic heterocycles. The average Bonchev–Trinajstić information content (AvgIpc) is 2.79. The lowest BCUT2D eigenvalue weighted by Crippen LogP contribution is -2.52. The summed E-state index contributed by atoms with van der Waals surface area (Å²) in [6.07, 6.45) is 1.14. The lowest BCUT2D eigenvalue weighted by atomic mass is 9.82. The van der Waals surface area contributed by atoms with Gasteiger partial charge in [0.05, 0.1) is 0 Å². The number of hydrogen-bond donors (Lipinski definition) is 1. The summed E-state index contributed by atoms with van der Waals surface area (Å²) in [4.78, 5) is 2.42. The van der Waals surface area contributed by atoms with Crippen LogP contribution in [0, 0.1) is 0 Å². The zero-order valence-corrected chi connectivity index (χ0v) is 12.0. The Hall–Kier alpha value is -0.890. The largest absolute Gasteiger partial charge is 0.445 e. The molecule has 0 aliphatic carbocycles. The van der Waals surface area contributed by atoms with Gasteiger partial charge >= 0.3 is 6.18 Å². The van der Waals surface area contributed by atoms with Crippen molar-refractivity contribution in [3.05, 3.63) is 5.01 Å². The fourth-order valence-corrected chi connectivity index (χ4v) is 3.99. The van der Waals surface area contributed by atoms with Crippen LogP contribution in [-0.2, 0) is 6.18 Å². The molecule has 3 heterocycles. The van der Waals surface area contributed by atoms with Crippen molar-refractivity contribution in [2.45, 2.75) is 56.4 Å². The molecule has 0 radical (unpaired) electrons. The molecule has 20 heavy (non-hydrogen) atoms. The number of nitrogens with one attached hydrogen (secondary N) is 1. The first-order valence-corrected chi connectivity index (χ1v) is 7.64. The Morgan fingerprint density at radius 2 is 1.85 bits per heavy atom. The van der Waals surface area contributed by atoms with Gasteiger partial charge in [0.25, 0.3) is 0 Å². The second kappa shape index (κ2) is 5.14. The molecule has 2 unspecified atom stereocenters. The van der Waals surface area contributed by atoms with Gasteiger partial charge in [-0.1, -0.05) is 17.8 Å². The quantitative estimate of drug-likeness (QED) is 0.912. The minimum absolute atomic E-state index is 0.204. The first-order valence-electron chi connectivity index (χ1n) is 6.82. The van der Waals surface area contributed by atoms with Crippen LogP contribution in [0.5, 0.6) is 0 Å². The van der Waals surface area contributed by atoms with Gasteiger partial charge in [0, 0.05) is 18.1 Å². The van der Waals surface area contributed by atoms with Crippen LogP contribution in [0.3, 0.4) is 0 Å². The molecule has 0 spiro atoms. The minimum atomic E-state index is -4.40. The number of halogens is 3. The maximum atomic E-state index is 12.5. The molecule has 4 nitrogen and oxygen atoms in total. The van der Waals surface area contributed by atoms with Crippen molar-refractivity contribution in [2.24, 2.45) is 0 Å². The summed E-state index contributed by atoms with van der Waals surface area (Å²) in [5.41, 5.74) is 0. The molecular weight excluding hydrogens is 289 g/mol. The van der Waals surface area contributed by atoms with Crippen molar-refractivity contribution in [3.8, 4) is 0 Å². The fraction of sp³-hybridized carbons (Fsp3) is 0.833. The van der Waals surface area contributed by atoms with Crippen molar-refractivity contribution in [1.29, 1.82) is 0 Å². The van der Waals surface area contributed by atoms with Crippen molar-refractivity contribution in [3.63, 3.8) is 0 Å². The third kappa shape index (κ3) is 2.76. The van der Waals surface area contributed by atoms with Crippen molar-refractivity contribution in [2.75, 3.05) is 12.4 Å². The van der Waals surface area contributed by atoms with Crippen LogP contribution in [0.15, 0.2) is 0 Å². The van der Waals surface area contributed by atoms with Crippen LogP contribution < -0.4 is 5.32 Å². The highest BCUT2D eigenvalue weighted by atomic mass is 32.1. The van der Waals surface area contributed by atoms with E-state index in [0.717, 1.165) is 12.8 Å². The number of anilines is 1. The number of hydrogen-bond acceptors (Lipinski definition) is 5. The first-order chi connectivity index (χ1) is 9.43. The highest BCUT2D eigenvalue weighted by molar-refractivity contribution is 7.15. The Labute approximate surface area is 119 Å². The molecular formula is C12H17F3N4S. The van der Waals surface area contributed by atoms with E-state index in [0.29, 0.717) is 23.4 Å². The predicted octanol–water partition coefficient (Wildman–Crippen LogP) is 2.98. The summed E-state index contributed by atoms with van der Waals surface area (Å²) in [6, 6.07) is 1.28. The zero-order chi connectivity index (χ0) is 14.3. The Morgan fingerprint density at radius 3 is 2.40 bits per heavy atom. The zero-order valence-electron chi connectivity index (χ0n) is 11.2. The smallest absolute Gasteiger partial charge is 0.357 e. The topological polar surface area (TPSA) is 41.0 Å². The van der Waals surface area contributed by atoms with Gasteiger partial charge in [0.15, 0.2) is 0 Å². The van der Waals surface area contributed by atoms with Crippen LogP contribution in [0.2, 0.25) is 0 Å². The monoisotopic (exact) mass is 306 g/mol. The van der Waals surface area contributed by atoms with Gasteiger partial charge in [-0.3, -0.25) is 0 Å². The summed E-state index contributed by atoms with van der Waals surface area (Å²) in [5.74, 6) is 0. The van der Waals surface area contributed by atoms with Gasteiger partial charge in [0.1, 0.15) is 0 Å². The Bertz CT molecular complexity index is 462. The Morgan fingerprint density at radius 1 is 1.20 bits per heavy atom. The number of nitrogens with zero attached hydrogens (tertiary/aromatic N) is 3. The number of rotatable bonds is 2. The number of piperidine rings is 2. The van der Waals surface area contributed by atoms with E-state index in [-0.39, 0.29) is 11.2 Å². The number of fused-ring (bicyclic) bond motifs is 2.